The molecule has 5 nitrogen and oxygen atoms in total. The first-order valence-corrected chi connectivity index (χ1v) is 7.03. The SMILES string of the molecule is CNCc1nnn(CC2CC2)c1C1CCOCC1. The molecule has 0 atom stereocenters. The minimum atomic E-state index is 0.579. The second-order valence-corrected chi connectivity index (χ2v) is 5.46. The third-order valence-electron chi connectivity index (χ3n) is 3.93. The van der Waals surface area contributed by atoms with Crippen molar-refractivity contribution in [1.29, 1.82) is 0 Å². The van der Waals surface area contributed by atoms with E-state index < -0.39 is 0 Å². The normalized spacial score (nSPS) is 21.4. The Morgan fingerprint density at radius 3 is 2.72 bits per heavy atom. The lowest BCUT2D eigenvalue weighted by molar-refractivity contribution is 0.0832. The van der Waals surface area contributed by atoms with Crippen molar-refractivity contribution < 1.29 is 4.74 Å². The van der Waals surface area contributed by atoms with Crippen LogP contribution in [0, 0.1) is 5.92 Å². The number of rotatable bonds is 5. The van der Waals surface area contributed by atoms with E-state index in [1.807, 2.05) is 7.05 Å². The zero-order valence-electron chi connectivity index (χ0n) is 11.1. The van der Waals surface area contributed by atoms with Gasteiger partial charge in [0, 0.05) is 32.2 Å². The Balaban J connectivity index is 1.83. The van der Waals surface area contributed by atoms with Crippen LogP contribution in [0.25, 0.3) is 0 Å². The van der Waals surface area contributed by atoms with Gasteiger partial charge in [-0.15, -0.1) is 5.10 Å². The molecule has 5 heteroatoms. The van der Waals surface area contributed by atoms with Gasteiger partial charge in [0.1, 0.15) is 0 Å². The predicted octanol–water partition coefficient (Wildman–Crippen LogP) is 1.30. The lowest BCUT2D eigenvalue weighted by Gasteiger charge is -2.23. The number of hydrogen-bond acceptors (Lipinski definition) is 4. The van der Waals surface area contributed by atoms with E-state index in [0.29, 0.717) is 5.92 Å². The summed E-state index contributed by atoms with van der Waals surface area (Å²) in [6.45, 7) is 3.62. The molecule has 1 saturated heterocycles. The molecule has 100 valence electrons. The van der Waals surface area contributed by atoms with Crippen LogP contribution in [0.4, 0.5) is 0 Å². The molecule has 0 amide bonds. The van der Waals surface area contributed by atoms with E-state index in [-0.39, 0.29) is 0 Å². The van der Waals surface area contributed by atoms with Crippen LogP contribution in [0.3, 0.4) is 0 Å². The highest BCUT2D eigenvalue weighted by Gasteiger charge is 2.28. The van der Waals surface area contributed by atoms with Crippen molar-refractivity contribution in [2.75, 3.05) is 20.3 Å². The maximum absolute atomic E-state index is 5.47. The third kappa shape index (κ3) is 2.57. The van der Waals surface area contributed by atoms with E-state index in [1.54, 1.807) is 0 Å². The Bertz CT molecular complexity index is 394. The van der Waals surface area contributed by atoms with Gasteiger partial charge in [0.2, 0.25) is 0 Å². The molecule has 0 radical (unpaired) electrons. The van der Waals surface area contributed by atoms with Crippen LogP contribution in [0.1, 0.15) is 43.0 Å². The standard InChI is InChI=1S/C13H22N4O/c1-14-8-12-13(11-4-6-18-7-5-11)17(16-15-12)9-10-2-3-10/h10-11,14H,2-9H2,1H3. The van der Waals surface area contributed by atoms with Crippen LogP contribution in [0.15, 0.2) is 0 Å². The minimum absolute atomic E-state index is 0.579. The van der Waals surface area contributed by atoms with Gasteiger partial charge in [-0.2, -0.15) is 0 Å². The van der Waals surface area contributed by atoms with Gasteiger partial charge >= 0.3 is 0 Å². The molecular formula is C13H22N4O. The molecule has 2 aliphatic rings. The highest BCUT2D eigenvalue weighted by molar-refractivity contribution is 5.16. The summed E-state index contributed by atoms with van der Waals surface area (Å²) in [5.41, 5.74) is 2.49. The average Bonchev–Trinajstić information content (AvgIpc) is 3.12. The topological polar surface area (TPSA) is 52.0 Å². The number of hydrogen-bond donors (Lipinski definition) is 1. The Kier molecular flexibility index (Phi) is 3.61. The zero-order chi connectivity index (χ0) is 12.4. The van der Waals surface area contributed by atoms with Crippen LogP contribution in [-0.2, 0) is 17.8 Å². The van der Waals surface area contributed by atoms with Crippen LogP contribution in [-0.4, -0.2) is 35.3 Å². The van der Waals surface area contributed by atoms with Gasteiger partial charge in [-0.25, -0.2) is 4.68 Å². The van der Waals surface area contributed by atoms with Gasteiger partial charge in [-0.3, -0.25) is 0 Å². The molecule has 3 rings (SSSR count). The fourth-order valence-electron chi connectivity index (χ4n) is 2.75. The van der Waals surface area contributed by atoms with Crippen molar-refractivity contribution in [1.82, 2.24) is 20.3 Å². The van der Waals surface area contributed by atoms with Crippen molar-refractivity contribution in [3.63, 3.8) is 0 Å². The molecule has 1 aliphatic carbocycles. The number of aromatic nitrogens is 3. The monoisotopic (exact) mass is 250 g/mol. The summed E-state index contributed by atoms with van der Waals surface area (Å²) >= 11 is 0. The molecule has 0 spiro atoms. The smallest absolute Gasteiger partial charge is 0.0999 e. The highest BCUT2D eigenvalue weighted by Crippen LogP contribution is 2.34. The maximum Gasteiger partial charge on any atom is 0.0999 e. The number of nitrogens with one attached hydrogen (secondary N) is 1. The molecule has 1 N–H and O–H groups in total. The molecule has 0 unspecified atom stereocenters. The zero-order valence-corrected chi connectivity index (χ0v) is 11.1. The molecule has 1 aromatic rings. The van der Waals surface area contributed by atoms with Crippen molar-refractivity contribution in [2.24, 2.45) is 5.92 Å². The minimum Gasteiger partial charge on any atom is -0.381 e. The third-order valence-corrected chi connectivity index (χ3v) is 3.93. The Hall–Kier alpha value is -0.940. The van der Waals surface area contributed by atoms with E-state index in [4.69, 9.17) is 4.74 Å². The summed E-state index contributed by atoms with van der Waals surface area (Å²) in [7, 11) is 1.97. The Morgan fingerprint density at radius 1 is 1.28 bits per heavy atom. The van der Waals surface area contributed by atoms with Gasteiger partial charge in [0.05, 0.1) is 11.4 Å². The highest BCUT2D eigenvalue weighted by atomic mass is 16.5. The van der Waals surface area contributed by atoms with Gasteiger partial charge in [0.25, 0.3) is 0 Å². The van der Waals surface area contributed by atoms with Crippen LogP contribution >= 0.6 is 0 Å². The Labute approximate surface area is 108 Å². The number of nitrogens with zero attached hydrogens (tertiary/aromatic N) is 3. The summed E-state index contributed by atoms with van der Waals surface area (Å²) in [5.74, 6) is 1.42. The van der Waals surface area contributed by atoms with Crippen molar-refractivity contribution in [3.8, 4) is 0 Å². The maximum atomic E-state index is 5.47. The van der Waals surface area contributed by atoms with Crippen molar-refractivity contribution >= 4 is 0 Å². The lowest BCUT2D eigenvalue weighted by atomic mass is 9.94. The molecule has 1 aromatic heterocycles. The molecule has 2 heterocycles. The van der Waals surface area contributed by atoms with E-state index in [1.165, 1.54) is 18.5 Å². The van der Waals surface area contributed by atoms with E-state index in [0.717, 1.165) is 50.8 Å². The fraction of sp³-hybridized carbons (Fsp3) is 0.846. The van der Waals surface area contributed by atoms with Crippen molar-refractivity contribution in [2.45, 2.75) is 44.7 Å². The molecule has 0 aromatic carbocycles. The molecule has 1 saturated carbocycles. The first kappa shape index (κ1) is 12.1. The summed E-state index contributed by atoms with van der Waals surface area (Å²) in [4.78, 5) is 0. The van der Waals surface area contributed by atoms with Crippen LogP contribution < -0.4 is 5.32 Å². The molecular weight excluding hydrogens is 228 g/mol. The second-order valence-electron chi connectivity index (χ2n) is 5.46. The van der Waals surface area contributed by atoms with E-state index in [2.05, 4.69) is 20.3 Å². The molecule has 0 bridgehead atoms. The number of ether oxygens (including phenoxy) is 1. The molecule has 18 heavy (non-hydrogen) atoms. The molecule has 2 fully saturated rings. The summed E-state index contributed by atoms with van der Waals surface area (Å²) in [5, 5.41) is 11.9. The van der Waals surface area contributed by atoms with Gasteiger partial charge in [-0.05, 0) is 38.6 Å². The summed E-state index contributed by atoms with van der Waals surface area (Å²) in [6, 6.07) is 0. The molecule has 1 aliphatic heterocycles. The quantitative estimate of drug-likeness (QED) is 0.856. The largest absolute Gasteiger partial charge is 0.381 e. The predicted molar refractivity (Wildman–Crippen MR) is 68.3 cm³/mol. The van der Waals surface area contributed by atoms with Crippen LogP contribution in [0.5, 0.6) is 0 Å². The first-order valence-electron chi connectivity index (χ1n) is 7.03. The van der Waals surface area contributed by atoms with Gasteiger partial charge in [-0.1, -0.05) is 5.21 Å². The van der Waals surface area contributed by atoms with E-state index >= 15 is 0 Å². The van der Waals surface area contributed by atoms with Crippen LogP contribution in [0.2, 0.25) is 0 Å². The Morgan fingerprint density at radius 2 is 2.06 bits per heavy atom. The second kappa shape index (κ2) is 5.36. The average molecular weight is 250 g/mol. The first-order chi connectivity index (χ1) is 8.88. The summed E-state index contributed by atoms with van der Waals surface area (Å²) in [6.07, 6.45) is 4.92. The lowest BCUT2D eigenvalue weighted by Crippen LogP contribution is -2.20. The summed E-state index contributed by atoms with van der Waals surface area (Å²) < 4.78 is 7.63. The van der Waals surface area contributed by atoms with Gasteiger partial charge in [0.15, 0.2) is 0 Å². The van der Waals surface area contributed by atoms with Gasteiger partial charge < -0.3 is 10.1 Å². The van der Waals surface area contributed by atoms with E-state index in [9.17, 15) is 0 Å². The van der Waals surface area contributed by atoms with Crippen molar-refractivity contribution in [3.05, 3.63) is 11.4 Å². The fourth-order valence-corrected chi connectivity index (χ4v) is 2.75.